The van der Waals surface area contributed by atoms with E-state index >= 15 is 0 Å². The highest BCUT2D eigenvalue weighted by Crippen LogP contribution is 2.29. The molecule has 0 fully saturated rings. The predicted octanol–water partition coefficient (Wildman–Crippen LogP) is 3.36. The molecular weight excluding hydrogens is 358 g/mol. The number of methoxy groups -OCH3 is 1. The molecule has 0 unspecified atom stereocenters. The quantitative estimate of drug-likeness (QED) is 0.716. The van der Waals surface area contributed by atoms with Gasteiger partial charge in [0.2, 0.25) is 0 Å². The average molecular weight is 381 g/mol. The molecule has 146 valence electrons. The summed E-state index contributed by atoms with van der Waals surface area (Å²) in [5.74, 6) is 1.14. The summed E-state index contributed by atoms with van der Waals surface area (Å²) >= 11 is 0. The van der Waals surface area contributed by atoms with E-state index in [4.69, 9.17) is 9.47 Å². The van der Waals surface area contributed by atoms with Crippen LogP contribution in [-0.4, -0.2) is 25.7 Å². The molecule has 0 bridgehead atoms. The molecule has 1 aliphatic rings. The lowest BCUT2D eigenvalue weighted by Gasteiger charge is -2.28. The second kappa shape index (κ2) is 8.47. The summed E-state index contributed by atoms with van der Waals surface area (Å²) in [6, 6.07) is 13.5. The van der Waals surface area contributed by atoms with Crippen LogP contribution in [0.2, 0.25) is 0 Å². The first-order valence-corrected chi connectivity index (χ1v) is 8.98. The molecule has 3 N–H and O–H groups in total. The Morgan fingerprint density at radius 2 is 1.71 bits per heavy atom. The number of rotatable bonds is 6. The average Bonchev–Trinajstić information content (AvgIpc) is 2.69. The number of allylic oxidation sites excluding steroid dienone is 1. The van der Waals surface area contributed by atoms with Gasteiger partial charge in [0, 0.05) is 11.4 Å². The Morgan fingerprint density at radius 3 is 2.32 bits per heavy atom. The molecule has 3 amide bonds. The van der Waals surface area contributed by atoms with Crippen LogP contribution in [0.3, 0.4) is 0 Å². The van der Waals surface area contributed by atoms with E-state index in [1.807, 2.05) is 19.1 Å². The molecule has 2 aromatic rings. The summed E-state index contributed by atoms with van der Waals surface area (Å²) in [4.78, 5) is 25.0. The third kappa shape index (κ3) is 4.25. The first kappa shape index (κ1) is 19.3. The van der Waals surface area contributed by atoms with Crippen molar-refractivity contribution in [3.63, 3.8) is 0 Å². The number of hydrogen-bond donors (Lipinski definition) is 3. The number of urea groups is 1. The molecule has 3 rings (SSSR count). The Bertz CT molecular complexity index is 889. The first-order valence-electron chi connectivity index (χ1n) is 8.98. The van der Waals surface area contributed by atoms with E-state index in [2.05, 4.69) is 16.0 Å². The number of amides is 3. The van der Waals surface area contributed by atoms with Crippen molar-refractivity contribution in [2.24, 2.45) is 0 Å². The highest BCUT2D eigenvalue weighted by Gasteiger charge is 2.31. The highest BCUT2D eigenvalue weighted by atomic mass is 16.5. The van der Waals surface area contributed by atoms with Crippen LogP contribution >= 0.6 is 0 Å². The van der Waals surface area contributed by atoms with Gasteiger partial charge in [0.05, 0.1) is 25.3 Å². The van der Waals surface area contributed by atoms with Crippen molar-refractivity contribution >= 4 is 17.6 Å². The Labute approximate surface area is 163 Å². The number of anilines is 1. The standard InChI is InChI=1S/C21H23N3O4/c1-4-28-17-11-7-15(8-12-17)23-20(25)18-13(2)22-21(26)24-19(18)14-5-9-16(27-3)10-6-14/h5-12,19H,4H2,1-3H3,(H,23,25)(H2,22,24,26)/t19-/m1/s1. The minimum absolute atomic E-state index is 0.296. The van der Waals surface area contributed by atoms with Crippen LogP contribution in [0.4, 0.5) is 10.5 Å². The van der Waals surface area contributed by atoms with Crippen LogP contribution in [0.1, 0.15) is 25.5 Å². The van der Waals surface area contributed by atoms with E-state index in [9.17, 15) is 9.59 Å². The fourth-order valence-corrected chi connectivity index (χ4v) is 3.04. The largest absolute Gasteiger partial charge is 0.497 e. The fourth-order valence-electron chi connectivity index (χ4n) is 3.04. The Balaban J connectivity index is 1.85. The Morgan fingerprint density at radius 1 is 1.07 bits per heavy atom. The molecule has 0 spiro atoms. The fraction of sp³-hybridized carbons (Fsp3) is 0.238. The molecule has 0 saturated heterocycles. The van der Waals surface area contributed by atoms with E-state index in [1.165, 1.54) is 0 Å². The third-order valence-corrected chi connectivity index (χ3v) is 4.39. The first-order chi connectivity index (χ1) is 13.5. The minimum Gasteiger partial charge on any atom is -0.497 e. The van der Waals surface area contributed by atoms with Crippen molar-refractivity contribution in [2.45, 2.75) is 19.9 Å². The van der Waals surface area contributed by atoms with Gasteiger partial charge in [0.25, 0.3) is 5.91 Å². The van der Waals surface area contributed by atoms with Crippen LogP contribution in [0.25, 0.3) is 0 Å². The number of carbonyl (C=O) groups excluding carboxylic acids is 2. The predicted molar refractivity (Wildman–Crippen MR) is 106 cm³/mol. The minimum atomic E-state index is -0.567. The maximum Gasteiger partial charge on any atom is 0.319 e. The monoisotopic (exact) mass is 381 g/mol. The lowest BCUT2D eigenvalue weighted by atomic mass is 9.94. The van der Waals surface area contributed by atoms with Crippen LogP contribution in [-0.2, 0) is 4.79 Å². The van der Waals surface area contributed by atoms with Crippen LogP contribution in [0.15, 0.2) is 59.8 Å². The molecule has 1 atom stereocenters. The molecule has 0 aromatic heterocycles. The van der Waals surface area contributed by atoms with Gasteiger partial charge >= 0.3 is 6.03 Å². The lowest BCUT2D eigenvalue weighted by Crippen LogP contribution is -2.45. The van der Waals surface area contributed by atoms with E-state index in [0.717, 1.165) is 11.3 Å². The molecule has 0 saturated carbocycles. The summed E-state index contributed by atoms with van der Waals surface area (Å²) < 4.78 is 10.6. The van der Waals surface area contributed by atoms with Gasteiger partial charge in [-0.25, -0.2) is 4.79 Å². The van der Waals surface area contributed by atoms with E-state index in [0.29, 0.717) is 29.3 Å². The molecule has 0 radical (unpaired) electrons. The Hall–Kier alpha value is -3.48. The molecular formula is C21H23N3O4. The Kier molecular flexibility index (Phi) is 5.84. The molecule has 2 aromatic carbocycles. The second-order valence-electron chi connectivity index (χ2n) is 6.25. The lowest BCUT2D eigenvalue weighted by molar-refractivity contribution is -0.113. The molecule has 1 aliphatic heterocycles. The zero-order chi connectivity index (χ0) is 20.1. The number of hydrogen-bond acceptors (Lipinski definition) is 4. The van der Waals surface area contributed by atoms with Crippen LogP contribution in [0.5, 0.6) is 11.5 Å². The van der Waals surface area contributed by atoms with Gasteiger partial charge in [-0.05, 0) is 55.8 Å². The smallest absolute Gasteiger partial charge is 0.319 e. The zero-order valence-electron chi connectivity index (χ0n) is 16.0. The van der Waals surface area contributed by atoms with Crippen molar-refractivity contribution < 1.29 is 19.1 Å². The number of benzene rings is 2. The summed E-state index contributed by atoms with van der Waals surface area (Å²) in [5, 5.41) is 8.36. The van der Waals surface area contributed by atoms with Crippen LogP contribution in [0, 0.1) is 0 Å². The van der Waals surface area contributed by atoms with Gasteiger partial charge in [0.1, 0.15) is 11.5 Å². The highest BCUT2D eigenvalue weighted by molar-refractivity contribution is 6.06. The summed E-state index contributed by atoms with van der Waals surface area (Å²) in [7, 11) is 1.58. The van der Waals surface area contributed by atoms with E-state index < -0.39 is 6.04 Å². The van der Waals surface area contributed by atoms with Crippen molar-refractivity contribution in [3.05, 3.63) is 65.4 Å². The van der Waals surface area contributed by atoms with Crippen LogP contribution < -0.4 is 25.4 Å². The summed E-state index contributed by atoms with van der Waals surface area (Å²) in [6.07, 6.45) is 0. The molecule has 7 nitrogen and oxygen atoms in total. The van der Waals surface area contributed by atoms with Gasteiger partial charge in [-0.15, -0.1) is 0 Å². The van der Waals surface area contributed by atoms with Gasteiger partial charge < -0.3 is 25.4 Å². The molecule has 28 heavy (non-hydrogen) atoms. The number of nitrogens with one attached hydrogen (secondary N) is 3. The normalized spacial score (nSPS) is 16.1. The topological polar surface area (TPSA) is 88.7 Å². The third-order valence-electron chi connectivity index (χ3n) is 4.39. The zero-order valence-corrected chi connectivity index (χ0v) is 16.0. The van der Waals surface area contributed by atoms with Crippen molar-refractivity contribution in [3.8, 4) is 11.5 Å². The van der Waals surface area contributed by atoms with E-state index in [-0.39, 0.29) is 11.9 Å². The summed E-state index contributed by atoms with van der Waals surface area (Å²) in [5.41, 5.74) is 2.37. The maximum atomic E-state index is 13.0. The maximum absolute atomic E-state index is 13.0. The van der Waals surface area contributed by atoms with Crippen molar-refractivity contribution in [1.82, 2.24) is 10.6 Å². The second-order valence-corrected chi connectivity index (χ2v) is 6.25. The molecule has 0 aliphatic carbocycles. The van der Waals surface area contributed by atoms with Crippen molar-refractivity contribution in [2.75, 3.05) is 19.0 Å². The van der Waals surface area contributed by atoms with Gasteiger partial charge in [-0.2, -0.15) is 0 Å². The number of ether oxygens (including phenoxy) is 2. The van der Waals surface area contributed by atoms with Gasteiger partial charge in [-0.1, -0.05) is 12.1 Å². The van der Waals surface area contributed by atoms with E-state index in [1.54, 1.807) is 50.4 Å². The SMILES string of the molecule is CCOc1ccc(NC(=O)C2=C(C)NC(=O)N[C@@H]2c2ccc(OC)cc2)cc1. The van der Waals surface area contributed by atoms with Gasteiger partial charge in [0.15, 0.2) is 0 Å². The van der Waals surface area contributed by atoms with Gasteiger partial charge in [-0.3, -0.25) is 4.79 Å². The molecule has 1 heterocycles. The van der Waals surface area contributed by atoms with Crippen molar-refractivity contribution in [1.29, 1.82) is 0 Å². The summed E-state index contributed by atoms with van der Waals surface area (Å²) in [6.45, 7) is 4.20. The molecule has 7 heteroatoms. The number of carbonyl (C=O) groups is 2.